The Balaban J connectivity index is 1.76. The summed E-state index contributed by atoms with van der Waals surface area (Å²) < 4.78 is 32.2. The molecule has 1 fully saturated rings. The van der Waals surface area contributed by atoms with Gasteiger partial charge in [-0.15, -0.1) is 0 Å². The number of likely N-dealkylation sites (tertiary alicyclic amines) is 1. The van der Waals surface area contributed by atoms with Crippen molar-refractivity contribution in [2.24, 2.45) is 5.92 Å². The normalized spacial score (nSPS) is 17.5. The molecule has 1 aliphatic rings. The minimum absolute atomic E-state index is 0.0701. The Morgan fingerprint density at radius 2 is 2.00 bits per heavy atom. The van der Waals surface area contributed by atoms with Crippen molar-refractivity contribution in [1.82, 2.24) is 9.62 Å². The van der Waals surface area contributed by atoms with Crippen LogP contribution in [-0.2, 0) is 20.5 Å². The van der Waals surface area contributed by atoms with Gasteiger partial charge in [-0.1, -0.05) is 29.8 Å². The van der Waals surface area contributed by atoms with E-state index in [1.807, 2.05) is 0 Å². The summed E-state index contributed by atoms with van der Waals surface area (Å²) in [5.41, 5.74) is 0.635. The highest BCUT2D eigenvalue weighted by atomic mass is 35.5. The lowest BCUT2D eigenvalue weighted by Crippen LogP contribution is -2.40. The van der Waals surface area contributed by atoms with E-state index in [1.165, 1.54) is 0 Å². The summed E-state index contributed by atoms with van der Waals surface area (Å²) >= 11 is 6.03. The number of hydrogen-bond donors (Lipinski definition) is 1. The molecule has 23 heavy (non-hydrogen) atoms. The molecule has 1 heterocycles. The summed E-state index contributed by atoms with van der Waals surface area (Å²) in [6.07, 6.45) is 2.02. The van der Waals surface area contributed by atoms with E-state index in [0.717, 1.165) is 39.1 Å². The van der Waals surface area contributed by atoms with Gasteiger partial charge in [0.05, 0.1) is 12.4 Å². The van der Waals surface area contributed by atoms with Crippen molar-refractivity contribution in [3.8, 4) is 0 Å². The molecule has 1 N–H and O–H groups in total. The monoisotopic (exact) mass is 360 g/mol. The Kier molecular flexibility index (Phi) is 7.30. The molecule has 130 valence electrons. The minimum atomic E-state index is -3.35. The molecule has 1 aromatic rings. The van der Waals surface area contributed by atoms with Gasteiger partial charge in [-0.2, -0.15) is 0 Å². The summed E-state index contributed by atoms with van der Waals surface area (Å²) in [7, 11) is -1.64. The van der Waals surface area contributed by atoms with E-state index < -0.39 is 10.0 Å². The molecule has 5 nitrogen and oxygen atoms in total. The molecule has 2 rings (SSSR count). The highest BCUT2D eigenvalue weighted by Gasteiger charge is 2.21. The highest BCUT2D eigenvalue weighted by molar-refractivity contribution is 7.88. The van der Waals surface area contributed by atoms with Crippen LogP contribution in [0.4, 0.5) is 0 Å². The zero-order chi connectivity index (χ0) is 16.7. The molecule has 0 spiro atoms. The number of benzene rings is 1. The van der Waals surface area contributed by atoms with E-state index in [4.69, 9.17) is 16.3 Å². The van der Waals surface area contributed by atoms with Gasteiger partial charge in [0.2, 0.25) is 10.0 Å². The van der Waals surface area contributed by atoms with Crippen LogP contribution in [0.5, 0.6) is 0 Å². The van der Waals surface area contributed by atoms with E-state index in [-0.39, 0.29) is 5.75 Å². The van der Waals surface area contributed by atoms with E-state index in [1.54, 1.807) is 31.4 Å². The zero-order valence-corrected chi connectivity index (χ0v) is 15.1. The molecule has 0 amide bonds. The molecule has 7 heteroatoms. The second-order valence-electron chi connectivity index (χ2n) is 5.98. The van der Waals surface area contributed by atoms with Crippen molar-refractivity contribution < 1.29 is 13.2 Å². The average Bonchev–Trinajstić information content (AvgIpc) is 2.54. The Morgan fingerprint density at radius 3 is 2.65 bits per heavy atom. The quantitative estimate of drug-likeness (QED) is 0.771. The standard InChI is InChI=1S/C16H25ClN2O3S/c1-22-11-10-19-8-6-14(7-9-19)12-18-23(20,21)13-15-4-2-3-5-16(15)17/h2-5,14,18H,6-13H2,1H3. The van der Waals surface area contributed by atoms with Crippen molar-refractivity contribution in [2.45, 2.75) is 18.6 Å². The lowest BCUT2D eigenvalue weighted by Gasteiger charge is -2.31. The fourth-order valence-corrected chi connectivity index (χ4v) is 4.29. The lowest BCUT2D eigenvalue weighted by atomic mass is 9.97. The third-order valence-corrected chi connectivity index (χ3v) is 5.88. The summed E-state index contributed by atoms with van der Waals surface area (Å²) in [6, 6.07) is 7.05. The molecule has 1 saturated heterocycles. The fraction of sp³-hybridized carbons (Fsp3) is 0.625. The number of sulfonamides is 1. The number of nitrogens with zero attached hydrogens (tertiary/aromatic N) is 1. The van der Waals surface area contributed by atoms with Crippen LogP contribution in [0, 0.1) is 5.92 Å². The molecular formula is C16H25ClN2O3S. The molecule has 0 radical (unpaired) electrons. The van der Waals surface area contributed by atoms with Gasteiger partial charge in [0.15, 0.2) is 0 Å². The smallest absolute Gasteiger partial charge is 0.215 e. The van der Waals surface area contributed by atoms with Crippen LogP contribution in [-0.4, -0.2) is 53.2 Å². The number of methoxy groups -OCH3 is 1. The van der Waals surface area contributed by atoms with Crippen LogP contribution in [0.15, 0.2) is 24.3 Å². The number of nitrogens with one attached hydrogen (secondary N) is 1. The predicted octanol–water partition coefficient (Wildman–Crippen LogP) is 2.12. The third kappa shape index (κ3) is 6.39. The molecule has 0 atom stereocenters. The molecule has 1 aliphatic heterocycles. The first-order valence-electron chi connectivity index (χ1n) is 7.92. The zero-order valence-electron chi connectivity index (χ0n) is 13.5. The SMILES string of the molecule is COCCN1CCC(CNS(=O)(=O)Cc2ccccc2Cl)CC1. The van der Waals surface area contributed by atoms with E-state index in [2.05, 4.69) is 9.62 Å². The molecule has 0 aromatic heterocycles. The first-order valence-corrected chi connectivity index (χ1v) is 9.95. The van der Waals surface area contributed by atoms with Crippen LogP contribution in [0.2, 0.25) is 5.02 Å². The number of rotatable bonds is 8. The van der Waals surface area contributed by atoms with Crippen molar-refractivity contribution in [3.63, 3.8) is 0 Å². The van der Waals surface area contributed by atoms with E-state index in [9.17, 15) is 8.42 Å². The maximum Gasteiger partial charge on any atom is 0.215 e. The van der Waals surface area contributed by atoms with Gasteiger partial charge in [-0.25, -0.2) is 13.1 Å². The molecule has 1 aromatic carbocycles. The molecular weight excluding hydrogens is 336 g/mol. The first-order chi connectivity index (χ1) is 11.0. The average molecular weight is 361 g/mol. The van der Waals surface area contributed by atoms with Crippen molar-refractivity contribution in [2.75, 3.05) is 39.9 Å². The Labute approximate surface area is 144 Å². The Bertz CT molecular complexity index is 587. The van der Waals surface area contributed by atoms with Gasteiger partial charge in [0.25, 0.3) is 0 Å². The van der Waals surface area contributed by atoms with Crippen LogP contribution < -0.4 is 4.72 Å². The Morgan fingerprint density at radius 1 is 1.30 bits per heavy atom. The second-order valence-corrected chi connectivity index (χ2v) is 8.19. The van der Waals surface area contributed by atoms with Crippen molar-refractivity contribution in [3.05, 3.63) is 34.9 Å². The van der Waals surface area contributed by atoms with Crippen LogP contribution >= 0.6 is 11.6 Å². The highest BCUT2D eigenvalue weighted by Crippen LogP contribution is 2.19. The number of piperidine rings is 1. The number of ether oxygens (including phenoxy) is 1. The Hall–Kier alpha value is -0.660. The van der Waals surface area contributed by atoms with Crippen LogP contribution in [0.25, 0.3) is 0 Å². The summed E-state index contributed by atoms with van der Waals surface area (Å²) in [5.74, 6) is 0.328. The first kappa shape index (κ1) is 18.7. The fourth-order valence-electron chi connectivity index (χ4n) is 2.75. The molecule has 0 unspecified atom stereocenters. The van der Waals surface area contributed by atoms with E-state index >= 15 is 0 Å². The van der Waals surface area contributed by atoms with Gasteiger partial charge in [-0.05, 0) is 43.5 Å². The maximum absolute atomic E-state index is 12.2. The van der Waals surface area contributed by atoms with Gasteiger partial charge < -0.3 is 9.64 Å². The van der Waals surface area contributed by atoms with Crippen molar-refractivity contribution in [1.29, 1.82) is 0 Å². The molecule has 0 aliphatic carbocycles. The summed E-state index contributed by atoms with van der Waals surface area (Å²) in [5, 5.41) is 0.490. The lowest BCUT2D eigenvalue weighted by molar-refractivity contribution is 0.121. The summed E-state index contributed by atoms with van der Waals surface area (Å²) in [4.78, 5) is 2.36. The van der Waals surface area contributed by atoms with Gasteiger partial charge in [-0.3, -0.25) is 0 Å². The van der Waals surface area contributed by atoms with Gasteiger partial charge in [0.1, 0.15) is 0 Å². The largest absolute Gasteiger partial charge is 0.383 e. The third-order valence-electron chi connectivity index (χ3n) is 4.21. The van der Waals surface area contributed by atoms with Gasteiger partial charge >= 0.3 is 0 Å². The topological polar surface area (TPSA) is 58.6 Å². The summed E-state index contributed by atoms with van der Waals surface area (Å²) in [6.45, 7) is 4.20. The van der Waals surface area contributed by atoms with Crippen LogP contribution in [0.1, 0.15) is 18.4 Å². The second kappa shape index (κ2) is 8.99. The van der Waals surface area contributed by atoms with Crippen LogP contribution in [0.3, 0.4) is 0 Å². The number of hydrogen-bond acceptors (Lipinski definition) is 4. The maximum atomic E-state index is 12.2. The predicted molar refractivity (Wildman–Crippen MR) is 93.1 cm³/mol. The number of halogens is 1. The molecule has 0 bridgehead atoms. The van der Waals surface area contributed by atoms with Crippen molar-refractivity contribution >= 4 is 21.6 Å². The van der Waals surface area contributed by atoms with Gasteiger partial charge in [0, 0.05) is 25.2 Å². The molecule has 0 saturated carbocycles. The van der Waals surface area contributed by atoms with E-state index in [0.29, 0.717) is 23.0 Å². The minimum Gasteiger partial charge on any atom is -0.383 e.